The van der Waals surface area contributed by atoms with E-state index in [0.29, 0.717) is 0 Å². The third-order valence-corrected chi connectivity index (χ3v) is 2.36. The predicted molar refractivity (Wildman–Crippen MR) is 45.6 cm³/mol. The molecule has 0 bridgehead atoms. The molecule has 0 radical (unpaired) electrons. The van der Waals surface area contributed by atoms with Gasteiger partial charge in [0, 0.05) is 0 Å². The Labute approximate surface area is 101 Å². The van der Waals surface area contributed by atoms with E-state index in [9.17, 15) is 43.9 Å². The molecule has 0 aromatic rings. The molecule has 0 nitrogen and oxygen atoms in total. The normalized spacial score (nSPS) is 26.7. The Morgan fingerprint density at radius 1 is 0.789 bits per heavy atom. The lowest BCUT2D eigenvalue weighted by Gasteiger charge is -2.23. The summed E-state index contributed by atoms with van der Waals surface area (Å²) in [5.41, 5.74) is 0. The van der Waals surface area contributed by atoms with E-state index in [1.807, 2.05) is 6.92 Å². The highest BCUT2D eigenvalue weighted by atomic mass is 19.4. The number of alkyl halides is 10. The number of hydrogen-bond donors (Lipinski definition) is 0. The molecule has 0 unspecified atom stereocenters. The van der Waals surface area contributed by atoms with Crippen LogP contribution in [0.1, 0.15) is 19.8 Å². The molecule has 0 aromatic carbocycles. The standard InChI is InChI=1S/C5HF9.C4H9F/c6-1-2(7,8)4(11,12)5(13,14)3(1,9)10;1-2-3-4-5/h1H;2-4H2,1H3. The molecule has 0 aromatic heterocycles. The van der Waals surface area contributed by atoms with Gasteiger partial charge in [0.2, 0.25) is 6.17 Å². The predicted octanol–water partition coefficient (Wildman–Crippen LogP) is 4.64. The third-order valence-electron chi connectivity index (χ3n) is 2.36. The van der Waals surface area contributed by atoms with Crippen molar-refractivity contribution in [3.8, 4) is 0 Å². The summed E-state index contributed by atoms with van der Waals surface area (Å²) < 4.78 is 119. The Balaban J connectivity index is 0.000000555. The summed E-state index contributed by atoms with van der Waals surface area (Å²) in [6.07, 6.45) is -3.21. The van der Waals surface area contributed by atoms with Gasteiger partial charge < -0.3 is 0 Å². The zero-order valence-electron chi connectivity index (χ0n) is 9.48. The van der Waals surface area contributed by atoms with E-state index in [1.165, 1.54) is 0 Å². The SMILES string of the molecule is CCCCF.FC1C(F)(F)C(F)(F)C(F)(F)C1(F)F. The average Bonchev–Trinajstić information content (AvgIpc) is 2.33. The average molecular weight is 308 g/mol. The van der Waals surface area contributed by atoms with Gasteiger partial charge in [-0.05, 0) is 6.42 Å². The smallest absolute Gasteiger partial charge is 0.251 e. The van der Waals surface area contributed by atoms with E-state index in [0.717, 1.165) is 12.8 Å². The van der Waals surface area contributed by atoms with Crippen molar-refractivity contribution < 1.29 is 43.9 Å². The van der Waals surface area contributed by atoms with Crippen molar-refractivity contribution >= 4 is 0 Å². The van der Waals surface area contributed by atoms with Crippen molar-refractivity contribution in [3.63, 3.8) is 0 Å². The van der Waals surface area contributed by atoms with Crippen LogP contribution >= 0.6 is 0 Å². The molecule has 1 aliphatic rings. The van der Waals surface area contributed by atoms with Gasteiger partial charge in [-0.3, -0.25) is 4.39 Å². The first-order valence-electron chi connectivity index (χ1n) is 5.03. The van der Waals surface area contributed by atoms with Gasteiger partial charge in [0.1, 0.15) is 0 Å². The lowest BCUT2D eigenvalue weighted by Crippen LogP contribution is -2.51. The second-order valence-electron chi connectivity index (χ2n) is 3.80. The van der Waals surface area contributed by atoms with Crippen molar-refractivity contribution in [1.82, 2.24) is 0 Å². The first-order valence-corrected chi connectivity index (χ1v) is 5.03. The summed E-state index contributed by atoms with van der Waals surface area (Å²) >= 11 is 0. The number of halogens is 10. The highest BCUT2D eigenvalue weighted by Gasteiger charge is 2.94. The lowest BCUT2D eigenvalue weighted by molar-refractivity contribution is -0.303. The first-order chi connectivity index (χ1) is 8.32. The summed E-state index contributed by atoms with van der Waals surface area (Å²) in [7, 11) is 0. The van der Waals surface area contributed by atoms with Crippen molar-refractivity contribution in [1.29, 1.82) is 0 Å². The number of unbranched alkanes of at least 4 members (excludes halogenated alkanes) is 1. The van der Waals surface area contributed by atoms with Crippen LogP contribution in [0.5, 0.6) is 0 Å². The van der Waals surface area contributed by atoms with Gasteiger partial charge in [0.15, 0.2) is 0 Å². The van der Waals surface area contributed by atoms with Crippen LogP contribution in [0.2, 0.25) is 0 Å². The second kappa shape index (κ2) is 5.35. The minimum Gasteiger partial charge on any atom is -0.251 e. The molecular formula is C9H10F10. The van der Waals surface area contributed by atoms with Gasteiger partial charge >= 0.3 is 23.7 Å². The van der Waals surface area contributed by atoms with E-state index in [-0.39, 0.29) is 6.67 Å². The van der Waals surface area contributed by atoms with E-state index >= 15 is 0 Å². The molecule has 0 heterocycles. The van der Waals surface area contributed by atoms with Gasteiger partial charge in [-0.1, -0.05) is 13.3 Å². The largest absolute Gasteiger partial charge is 0.381 e. The fourth-order valence-electron chi connectivity index (χ4n) is 1.10. The first kappa shape index (κ1) is 18.3. The van der Waals surface area contributed by atoms with Crippen LogP contribution in [0.15, 0.2) is 0 Å². The van der Waals surface area contributed by atoms with Crippen molar-refractivity contribution in [2.24, 2.45) is 0 Å². The molecular weight excluding hydrogens is 298 g/mol. The molecule has 0 aliphatic heterocycles. The lowest BCUT2D eigenvalue weighted by atomic mass is 10.2. The summed E-state index contributed by atoms with van der Waals surface area (Å²) in [4.78, 5) is 0. The maximum atomic E-state index is 12.0. The maximum absolute atomic E-state index is 12.0. The van der Waals surface area contributed by atoms with Crippen LogP contribution in [-0.4, -0.2) is 36.5 Å². The Hall–Kier alpha value is -0.700. The van der Waals surface area contributed by atoms with Crippen LogP contribution in [0.25, 0.3) is 0 Å². The summed E-state index contributed by atoms with van der Waals surface area (Å²) in [6, 6.07) is 0. The Morgan fingerprint density at radius 2 is 1.11 bits per heavy atom. The molecule has 19 heavy (non-hydrogen) atoms. The van der Waals surface area contributed by atoms with Crippen molar-refractivity contribution in [2.75, 3.05) is 6.67 Å². The molecule has 0 atom stereocenters. The number of rotatable bonds is 2. The fraction of sp³-hybridized carbons (Fsp3) is 1.00. The highest BCUT2D eigenvalue weighted by Crippen LogP contribution is 2.63. The van der Waals surface area contributed by atoms with Crippen LogP contribution in [0.3, 0.4) is 0 Å². The molecule has 0 amide bonds. The van der Waals surface area contributed by atoms with Crippen LogP contribution in [-0.2, 0) is 0 Å². The van der Waals surface area contributed by atoms with E-state index < -0.39 is 29.9 Å². The van der Waals surface area contributed by atoms with Crippen LogP contribution in [0, 0.1) is 0 Å². The zero-order chi connectivity index (χ0) is 15.7. The molecule has 0 saturated heterocycles. The minimum atomic E-state index is -6.40. The van der Waals surface area contributed by atoms with Crippen molar-refractivity contribution in [3.05, 3.63) is 0 Å². The van der Waals surface area contributed by atoms with Gasteiger partial charge in [-0.2, -0.15) is 35.1 Å². The van der Waals surface area contributed by atoms with Crippen LogP contribution in [0.4, 0.5) is 43.9 Å². The Bertz CT molecular complexity index is 269. The highest BCUT2D eigenvalue weighted by molar-refractivity contribution is 5.18. The minimum absolute atomic E-state index is 0.156. The zero-order valence-corrected chi connectivity index (χ0v) is 9.48. The van der Waals surface area contributed by atoms with Gasteiger partial charge in [-0.25, -0.2) is 4.39 Å². The summed E-state index contributed by atoms with van der Waals surface area (Å²) in [6.45, 7) is 1.82. The van der Waals surface area contributed by atoms with E-state index in [2.05, 4.69) is 0 Å². The summed E-state index contributed by atoms with van der Waals surface area (Å²) in [5.74, 6) is -25.0. The maximum Gasteiger partial charge on any atom is 0.381 e. The van der Waals surface area contributed by atoms with E-state index in [1.54, 1.807) is 0 Å². The van der Waals surface area contributed by atoms with Gasteiger partial charge in [-0.15, -0.1) is 0 Å². The Kier molecular flexibility index (Phi) is 5.16. The quantitative estimate of drug-likeness (QED) is 0.652. The molecule has 1 rings (SSSR count). The fourth-order valence-corrected chi connectivity index (χ4v) is 1.10. The van der Waals surface area contributed by atoms with E-state index in [4.69, 9.17) is 0 Å². The van der Waals surface area contributed by atoms with Gasteiger partial charge in [0.25, 0.3) is 0 Å². The van der Waals surface area contributed by atoms with Crippen LogP contribution < -0.4 is 0 Å². The third kappa shape index (κ3) is 2.49. The second-order valence-corrected chi connectivity index (χ2v) is 3.80. The molecule has 0 spiro atoms. The van der Waals surface area contributed by atoms with Crippen molar-refractivity contribution in [2.45, 2.75) is 49.6 Å². The summed E-state index contributed by atoms with van der Waals surface area (Å²) in [5, 5.41) is 0. The monoisotopic (exact) mass is 308 g/mol. The molecule has 116 valence electrons. The van der Waals surface area contributed by atoms with Gasteiger partial charge in [0.05, 0.1) is 6.67 Å². The topological polar surface area (TPSA) is 0 Å². The molecule has 0 N–H and O–H groups in total. The molecule has 10 heteroatoms. The molecule has 1 aliphatic carbocycles. The molecule has 1 fully saturated rings. The number of hydrogen-bond acceptors (Lipinski definition) is 0. The Morgan fingerprint density at radius 3 is 1.16 bits per heavy atom. The molecule has 1 saturated carbocycles.